The Kier molecular flexibility index (Phi) is 7.32. The van der Waals surface area contributed by atoms with E-state index < -0.39 is 0 Å². The number of aromatic nitrogens is 3. The number of aliphatic imine (C=N–C) groups is 1. The average Bonchev–Trinajstić information content (AvgIpc) is 3.26. The highest BCUT2D eigenvalue weighted by atomic mass is 35.5. The summed E-state index contributed by atoms with van der Waals surface area (Å²) in [5.74, 6) is 0.797. The number of hydrogen-bond acceptors (Lipinski definition) is 7. The number of anilines is 1. The third kappa shape index (κ3) is 5.00. The lowest BCUT2D eigenvalue weighted by atomic mass is 10.1. The first-order valence-electron chi connectivity index (χ1n) is 12.1. The van der Waals surface area contributed by atoms with Crippen LogP contribution >= 0.6 is 23.2 Å². The smallest absolute Gasteiger partial charge is 0.242 e. The number of nitrogens with one attached hydrogen (secondary N) is 1. The van der Waals surface area contributed by atoms with Crippen molar-refractivity contribution in [3.8, 4) is 0 Å². The van der Waals surface area contributed by atoms with Crippen LogP contribution in [0, 0.1) is 0 Å². The van der Waals surface area contributed by atoms with E-state index >= 15 is 0 Å². The number of hydrogen-bond donors (Lipinski definition) is 1. The molecular weight excluding hydrogens is 499 g/mol. The molecule has 9 nitrogen and oxygen atoms in total. The van der Waals surface area contributed by atoms with Gasteiger partial charge in [0.25, 0.3) is 0 Å². The van der Waals surface area contributed by atoms with Crippen LogP contribution in [0.3, 0.4) is 0 Å². The second-order valence-electron chi connectivity index (χ2n) is 9.29. The SMILES string of the molecule is CN(C)C1CC=C(c2nc3cnccn3c2NCC(=O)N2CCN(C3=C(Cl)C=CCC3Cl)CC2)C=N1. The predicted molar refractivity (Wildman–Crippen MR) is 144 cm³/mol. The van der Waals surface area contributed by atoms with Crippen LogP contribution in [0.15, 0.2) is 52.5 Å². The molecule has 0 aromatic carbocycles. The molecule has 2 atom stereocenters. The number of fused-ring (bicyclic) bond motifs is 1. The molecule has 36 heavy (non-hydrogen) atoms. The van der Waals surface area contributed by atoms with E-state index in [1.165, 1.54) is 0 Å². The van der Waals surface area contributed by atoms with E-state index in [0.717, 1.165) is 35.6 Å². The summed E-state index contributed by atoms with van der Waals surface area (Å²) in [7, 11) is 4.03. The Labute approximate surface area is 220 Å². The van der Waals surface area contributed by atoms with Gasteiger partial charge in [-0.05, 0) is 26.6 Å². The zero-order chi connectivity index (χ0) is 25.2. The molecule has 2 aromatic rings. The van der Waals surface area contributed by atoms with Crippen LogP contribution < -0.4 is 5.32 Å². The van der Waals surface area contributed by atoms with Crippen molar-refractivity contribution in [2.24, 2.45) is 4.99 Å². The highest BCUT2D eigenvalue weighted by Gasteiger charge is 2.28. The van der Waals surface area contributed by atoms with Crippen molar-refractivity contribution < 1.29 is 4.79 Å². The summed E-state index contributed by atoms with van der Waals surface area (Å²) < 4.78 is 1.92. The van der Waals surface area contributed by atoms with Gasteiger partial charge in [-0.1, -0.05) is 23.8 Å². The van der Waals surface area contributed by atoms with Gasteiger partial charge in [0, 0.05) is 56.8 Å². The molecule has 0 saturated carbocycles. The Bertz CT molecular complexity index is 1260. The molecule has 0 bridgehead atoms. The summed E-state index contributed by atoms with van der Waals surface area (Å²) in [4.78, 5) is 32.9. The highest BCUT2D eigenvalue weighted by molar-refractivity contribution is 6.33. The number of piperazine rings is 1. The van der Waals surface area contributed by atoms with Gasteiger partial charge in [0.15, 0.2) is 5.65 Å². The van der Waals surface area contributed by atoms with Gasteiger partial charge in [-0.2, -0.15) is 0 Å². The van der Waals surface area contributed by atoms with Crippen molar-refractivity contribution in [2.75, 3.05) is 52.1 Å². The van der Waals surface area contributed by atoms with Gasteiger partial charge in [-0.3, -0.25) is 24.1 Å². The Morgan fingerprint density at radius 2 is 2.03 bits per heavy atom. The van der Waals surface area contributed by atoms with Gasteiger partial charge in [0.2, 0.25) is 5.91 Å². The van der Waals surface area contributed by atoms with Crippen molar-refractivity contribution >= 4 is 52.4 Å². The predicted octanol–water partition coefficient (Wildman–Crippen LogP) is 3.05. The van der Waals surface area contributed by atoms with Crippen molar-refractivity contribution in [3.63, 3.8) is 0 Å². The van der Waals surface area contributed by atoms with E-state index in [-0.39, 0.29) is 24.0 Å². The molecular formula is C25H30Cl2N8O. The first-order valence-corrected chi connectivity index (χ1v) is 12.9. The van der Waals surface area contributed by atoms with E-state index in [1.807, 2.05) is 48.0 Å². The molecule has 2 aromatic heterocycles. The molecule has 1 N–H and O–H groups in total. The standard InChI is InChI=1S/C25H30Cl2N8O/c1-32(2)20-7-6-17(14-29-20)23-25(35-9-8-28-15-21(35)31-23)30-16-22(36)33-10-12-34(13-11-33)24-18(26)4-3-5-19(24)27/h3-4,6,8-9,14-15,19-20,30H,5,7,10-13,16H2,1-2H3. The minimum Gasteiger partial charge on any atom is -0.369 e. The number of amides is 1. The first-order chi connectivity index (χ1) is 17.4. The zero-order valence-corrected chi connectivity index (χ0v) is 22.0. The molecule has 2 aliphatic heterocycles. The largest absolute Gasteiger partial charge is 0.369 e. The molecule has 190 valence electrons. The highest BCUT2D eigenvalue weighted by Crippen LogP contribution is 2.30. The quantitative estimate of drug-likeness (QED) is 0.580. The lowest BCUT2D eigenvalue weighted by Gasteiger charge is -2.39. The fourth-order valence-corrected chi connectivity index (χ4v) is 5.50. The summed E-state index contributed by atoms with van der Waals surface area (Å²) in [6.07, 6.45) is 14.9. The summed E-state index contributed by atoms with van der Waals surface area (Å²) in [6.45, 7) is 2.82. The number of alkyl halides is 1. The second kappa shape index (κ2) is 10.6. The zero-order valence-electron chi connectivity index (χ0n) is 20.4. The maximum atomic E-state index is 13.1. The summed E-state index contributed by atoms with van der Waals surface area (Å²) >= 11 is 12.9. The molecule has 1 fully saturated rings. The number of carbonyl (C=O) groups is 1. The van der Waals surface area contributed by atoms with Crippen LogP contribution in [0.5, 0.6) is 0 Å². The summed E-state index contributed by atoms with van der Waals surface area (Å²) in [5, 5.41) is 3.91. The van der Waals surface area contributed by atoms with E-state index in [2.05, 4.69) is 31.2 Å². The Morgan fingerprint density at radius 3 is 2.72 bits per heavy atom. The minimum absolute atomic E-state index is 0.0367. The molecule has 1 aliphatic carbocycles. The molecule has 11 heteroatoms. The van der Waals surface area contributed by atoms with Crippen molar-refractivity contribution in [1.29, 1.82) is 0 Å². The van der Waals surface area contributed by atoms with Gasteiger partial charge >= 0.3 is 0 Å². The van der Waals surface area contributed by atoms with Gasteiger partial charge in [0.1, 0.15) is 17.7 Å². The minimum atomic E-state index is -0.125. The molecule has 2 unspecified atom stereocenters. The lowest BCUT2D eigenvalue weighted by Crippen LogP contribution is -2.50. The van der Waals surface area contributed by atoms with Crippen LogP contribution in [0.2, 0.25) is 0 Å². The third-order valence-corrected chi connectivity index (χ3v) is 7.47. The topological polar surface area (TPSA) is 81.4 Å². The van der Waals surface area contributed by atoms with Crippen LogP contribution in [-0.2, 0) is 4.79 Å². The number of rotatable bonds is 6. The summed E-state index contributed by atoms with van der Waals surface area (Å²) in [5.41, 5.74) is 3.38. The number of nitrogens with zero attached hydrogens (tertiary/aromatic N) is 7. The Hall–Kier alpha value is -2.88. The molecule has 3 aliphatic rings. The molecule has 1 saturated heterocycles. The van der Waals surface area contributed by atoms with E-state index in [4.69, 9.17) is 28.2 Å². The van der Waals surface area contributed by atoms with Crippen LogP contribution in [0.25, 0.3) is 11.2 Å². The van der Waals surface area contributed by atoms with Crippen LogP contribution in [-0.4, -0.2) is 99.6 Å². The van der Waals surface area contributed by atoms with Crippen molar-refractivity contribution in [2.45, 2.75) is 24.4 Å². The van der Waals surface area contributed by atoms with Crippen molar-refractivity contribution in [3.05, 3.63) is 53.2 Å². The average molecular weight is 529 g/mol. The maximum absolute atomic E-state index is 13.1. The maximum Gasteiger partial charge on any atom is 0.242 e. The molecule has 4 heterocycles. The van der Waals surface area contributed by atoms with Crippen LogP contribution in [0.1, 0.15) is 18.5 Å². The summed E-state index contributed by atoms with van der Waals surface area (Å²) in [6, 6.07) is 0. The number of halogens is 2. The molecule has 0 radical (unpaired) electrons. The van der Waals surface area contributed by atoms with Gasteiger partial charge < -0.3 is 15.1 Å². The van der Waals surface area contributed by atoms with Crippen molar-refractivity contribution in [1.82, 2.24) is 29.1 Å². The van der Waals surface area contributed by atoms with E-state index in [9.17, 15) is 4.79 Å². The lowest BCUT2D eigenvalue weighted by molar-refractivity contribution is -0.130. The number of imidazole rings is 1. The Morgan fingerprint density at radius 1 is 1.22 bits per heavy atom. The van der Waals surface area contributed by atoms with E-state index in [1.54, 1.807) is 12.4 Å². The fraction of sp³-hybridized carbons (Fsp3) is 0.440. The molecule has 0 spiro atoms. The number of dihydropyridines is 1. The normalized spacial score (nSPS) is 22.5. The monoisotopic (exact) mass is 528 g/mol. The molecule has 1 amide bonds. The first kappa shape index (κ1) is 24.8. The molecule has 5 rings (SSSR count). The fourth-order valence-electron chi connectivity index (χ4n) is 4.75. The number of allylic oxidation sites excluding steroid dienone is 5. The van der Waals surface area contributed by atoms with Gasteiger partial charge in [-0.15, -0.1) is 11.6 Å². The Balaban J connectivity index is 1.26. The number of carbonyl (C=O) groups excluding carboxylic acids is 1. The van der Waals surface area contributed by atoms with Gasteiger partial charge in [-0.25, -0.2) is 4.98 Å². The second-order valence-corrected chi connectivity index (χ2v) is 10.2. The van der Waals surface area contributed by atoms with Crippen LogP contribution in [0.4, 0.5) is 5.82 Å². The van der Waals surface area contributed by atoms with Gasteiger partial charge in [0.05, 0.1) is 28.8 Å². The van der Waals surface area contributed by atoms with E-state index in [0.29, 0.717) is 36.9 Å². The third-order valence-electron chi connectivity index (χ3n) is 6.76.